The summed E-state index contributed by atoms with van der Waals surface area (Å²) in [5.41, 5.74) is 0. The second-order valence-corrected chi connectivity index (χ2v) is 5.31. The van der Waals surface area contributed by atoms with Gasteiger partial charge in [0, 0.05) is 39.6 Å². The van der Waals surface area contributed by atoms with Crippen LogP contribution in [0.25, 0.3) is 0 Å². The SMILES string of the molecule is Cc1nnc(CCCN2CCC(OCCCO)CC2)o1. The first-order valence-corrected chi connectivity index (χ1v) is 7.51. The van der Waals surface area contributed by atoms with Crippen LogP contribution >= 0.6 is 0 Å². The van der Waals surface area contributed by atoms with E-state index in [9.17, 15) is 0 Å². The lowest BCUT2D eigenvalue weighted by Gasteiger charge is -2.31. The van der Waals surface area contributed by atoms with Crippen molar-refractivity contribution in [2.75, 3.05) is 32.8 Å². The summed E-state index contributed by atoms with van der Waals surface area (Å²) in [6, 6.07) is 0. The molecule has 0 radical (unpaired) electrons. The zero-order valence-electron chi connectivity index (χ0n) is 12.3. The molecular formula is C14H25N3O3. The molecule has 1 fully saturated rings. The number of aromatic nitrogens is 2. The average molecular weight is 283 g/mol. The third-order valence-corrected chi connectivity index (χ3v) is 3.62. The first kappa shape index (κ1) is 15.4. The molecule has 0 aliphatic carbocycles. The van der Waals surface area contributed by atoms with Gasteiger partial charge in [0.15, 0.2) is 0 Å². The first-order chi connectivity index (χ1) is 9.78. The number of nitrogens with zero attached hydrogens (tertiary/aromatic N) is 3. The van der Waals surface area contributed by atoms with Crippen molar-refractivity contribution in [3.8, 4) is 0 Å². The normalized spacial score (nSPS) is 17.7. The predicted octanol–water partition coefficient (Wildman–Crippen LogP) is 1.17. The molecule has 0 amide bonds. The lowest BCUT2D eigenvalue weighted by molar-refractivity contribution is 0.00212. The minimum Gasteiger partial charge on any atom is -0.426 e. The van der Waals surface area contributed by atoms with E-state index in [4.69, 9.17) is 14.3 Å². The zero-order chi connectivity index (χ0) is 14.2. The first-order valence-electron chi connectivity index (χ1n) is 7.51. The summed E-state index contributed by atoms with van der Waals surface area (Å²) in [5, 5.41) is 16.6. The van der Waals surface area contributed by atoms with Crippen LogP contribution < -0.4 is 0 Å². The molecule has 114 valence electrons. The van der Waals surface area contributed by atoms with Crippen LogP contribution in [0.2, 0.25) is 0 Å². The molecule has 0 saturated carbocycles. The number of piperidine rings is 1. The number of aliphatic hydroxyl groups excluding tert-OH is 1. The summed E-state index contributed by atoms with van der Waals surface area (Å²) in [6.45, 7) is 5.97. The Bertz CT molecular complexity index is 375. The summed E-state index contributed by atoms with van der Waals surface area (Å²) < 4.78 is 11.1. The molecular weight excluding hydrogens is 258 g/mol. The fraction of sp³-hybridized carbons (Fsp3) is 0.857. The van der Waals surface area contributed by atoms with Gasteiger partial charge in [0.25, 0.3) is 0 Å². The Morgan fingerprint density at radius 1 is 1.30 bits per heavy atom. The number of aryl methyl sites for hydroxylation is 2. The van der Waals surface area contributed by atoms with E-state index in [0.29, 0.717) is 18.6 Å². The molecule has 1 saturated heterocycles. The van der Waals surface area contributed by atoms with E-state index < -0.39 is 0 Å². The van der Waals surface area contributed by atoms with Crippen molar-refractivity contribution in [2.24, 2.45) is 0 Å². The molecule has 6 heteroatoms. The van der Waals surface area contributed by atoms with Gasteiger partial charge in [0.05, 0.1) is 6.10 Å². The van der Waals surface area contributed by atoms with Crippen LogP contribution in [-0.2, 0) is 11.2 Å². The molecule has 0 spiro atoms. The monoisotopic (exact) mass is 283 g/mol. The van der Waals surface area contributed by atoms with E-state index >= 15 is 0 Å². The summed E-state index contributed by atoms with van der Waals surface area (Å²) >= 11 is 0. The largest absolute Gasteiger partial charge is 0.426 e. The Hall–Kier alpha value is -0.980. The molecule has 1 aromatic rings. The number of aliphatic hydroxyl groups is 1. The van der Waals surface area contributed by atoms with E-state index in [-0.39, 0.29) is 6.61 Å². The van der Waals surface area contributed by atoms with Crippen molar-refractivity contribution in [3.05, 3.63) is 11.8 Å². The molecule has 0 unspecified atom stereocenters. The molecule has 20 heavy (non-hydrogen) atoms. The van der Waals surface area contributed by atoms with Crippen LogP contribution in [-0.4, -0.2) is 59.2 Å². The standard InChI is InChI=1S/C14H25N3O3/c1-12-15-16-14(20-12)4-2-7-17-8-5-13(6-9-17)19-11-3-10-18/h13,18H,2-11H2,1H3. The third-order valence-electron chi connectivity index (χ3n) is 3.62. The van der Waals surface area contributed by atoms with Gasteiger partial charge in [-0.2, -0.15) is 0 Å². The Balaban J connectivity index is 1.55. The maximum Gasteiger partial charge on any atom is 0.216 e. The van der Waals surface area contributed by atoms with E-state index in [1.807, 2.05) is 6.92 Å². The van der Waals surface area contributed by atoms with Crippen molar-refractivity contribution >= 4 is 0 Å². The van der Waals surface area contributed by atoms with Crippen molar-refractivity contribution in [1.82, 2.24) is 15.1 Å². The second kappa shape index (κ2) is 8.34. The highest BCUT2D eigenvalue weighted by atomic mass is 16.5. The summed E-state index contributed by atoms with van der Waals surface area (Å²) in [5.74, 6) is 1.38. The van der Waals surface area contributed by atoms with Gasteiger partial charge in [0.2, 0.25) is 11.8 Å². The maximum absolute atomic E-state index is 8.72. The average Bonchev–Trinajstić information content (AvgIpc) is 2.87. The van der Waals surface area contributed by atoms with Gasteiger partial charge in [0.1, 0.15) is 0 Å². The molecule has 1 aliphatic rings. The summed E-state index contributed by atoms with van der Waals surface area (Å²) in [7, 11) is 0. The van der Waals surface area contributed by atoms with Crippen molar-refractivity contribution in [2.45, 2.75) is 45.1 Å². The van der Waals surface area contributed by atoms with Gasteiger partial charge < -0.3 is 19.2 Å². The molecule has 6 nitrogen and oxygen atoms in total. The highest BCUT2D eigenvalue weighted by Gasteiger charge is 2.19. The molecule has 0 aromatic carbocycles. The molecule has 1 N–H and O–H groups in total. The van der Waals surface area contributed by atoms with Crippen molar-refractivity contribution in [3.63, 3.8) is 0 Å². The van der Waals surface area contributed by atoms with E-state index in [1.165, 1.54) is 0 Å². The minimum absolute atomic E-state index is 0.216. The molecule has 1 aliphatic heterocycles. The number of hydrogen-bond donors (Lipinski definition) is 1. The van der Waals surface area contributed by atoms with Crippen molar-refractivity contribution < 1.29 is 14.3 Å². The van der Waals surface area contributed by atoms with Crippen LogP contribution in [0.5, 0.6) is 0 Å². The molecule has 0 atom stereocenters. The van der Waals surface area contributed by atoms with Crippen LogP contribution in [0.15, 0.2) is 4.42 Å². The van der Waals surface area contributed by atoms with Crippen LogP contribution in [0.3, 0.4) is 0 Å². The molecule has 2 heterocycles. The van der Waals surface area contributed by atoms with E-state index in [2.05, 4.69) is 15.1 Å². The Kier molecular flexibility index (Phi) is 6.42. The number of likely N-dealkylation sites (tertiary alicyclic amines) is 1. The molecule has 0 bridgehead atoms. The number of rotatable bonds is 8. The lowest BCUT2D eigenvalue weighted by Crippen LogP contribution is -2.37. The third kappa shape index (κ3) is 5.19. The van der Waals surface area contributed by atoms with Crippen molar-refractivity contribution in [1.29, 1.82) is 0 Å². The topological polar surface area (TPSA) is 71.6 Å². The maximum atomic E-state index is 8.72. The van der Waals surface area contributed by atoms with Crippen LogP contribution in [0.1, 0.15) is 37.5 Å². The lowest BCUT2D eigenvalue weighted by atomic mass is 10.1. The summed E-state index contributed by atoms with van der Waals surface area (Å²) in [6.07, 6.45) is 5.20. The van der Waals surface area contributed by atoms with Crippen LogP contribution in [0, 0.1) is 6.92 Å². The minimum atomic E-state index is 0.216. The van der Waals surface area contributed by atoms with Gasteiger partial charge in [-0.1, -0.05) is 0 Å². The van der Waals surface area contributed by atoms with Crippen LogP contribution in [0.4, 0.5) is 0 Å². The fourth-order valence-electron chi connectivity index (χ4n) is 2.51. The molecule has 1 aromatic heterocycles. The zero-order valence-corrected chi connectivity index (χ0v) is 12.3. The second-order valence-electron chi connectivity index (χ2n) is 5.31. The highest BCUT2D eigenvalue weighted by molar-refractivity contribution is 4.80. The summed E-state index contributed by atoms with van der Waals surface area (Å²) in [4.78, 5) is 2.47. The van der Waals surface area contributed by atoms with E-state index in [0.717, 1.165) is 57.6 Å². The Morgan fingerprint density at radius 2 is 2.10 bits per heavy atom. The Morgan fingerprint density at radius 3 is 2.75 bits per heavy atom. The number of ether oxygens (including phenoxy) is 1. The van der Waals surface area contributed by atoms with Gasteiger partial charge in [-0.05, 0) is 32.2 Å². The quantitative estimate of drug-likeness (QED) is 0.722. The smallest absolute Gasteiger partial charge is 0.216 e. The van der Waals surface area contributed by atoms with Gasteiger partial charge in [-0.15, -0.1) is 10.2 Å². The van der Waals surface area contributed by atoms with E-state index in [1.54, 1.807) is 0 Å². The van der Waals surface area contributed by atoms with Gasteiger partial charge >= 0.3 is 0 Å². The fourth-order valence-corrected chi connectivity index (χ4v) is 2.51. The predicted molar refractivity (Wildman–Crippen MR) is 74.5 cm³/mol. The highest BCUT2D eigenvalue weighted by Crippen LogP contribution is 2.14. The van der Waals surface area contributed by atoms with Gasteiger partial charge in [-0.25, -0.2) is 0 Å². The number of hydrogen-bond acceptors (Lipinski definition) is 6. The Labute approximate surface area is 120 Å². The molecule has 2 rings (SSSR count). The van der Waals surface area contributed by atoms with Gasteiger partial charge in [-0.3, -0.25) is 0 Å².